The van der Waals surface area contributed by atoms with Gasteiger partial charge in [-0.3, -0.25) is 4.98 Å². The van der Waals surface area contributed by atoms with Gasteiger partial charge in [-0.15, -0.1) is 11.3 Å². The first-order valence-electron chi connectivity index (χ1n) is 7.50. The third-order valence-electron chi connectivity index (χ3n) is 4.55. The first-order chi connectivity index (χ1) is 10.3. The van der Waals surface area contributed by atoms with Crippen LogP contribution in [0, 0.1) is 0 Å². The van der Waals surface area contributed by atoms with Crippen molar-refractivity contribution in [2.24, 2.45) is 5.73 Å². The lowest BCUT2D eigenvalue weighted by molar-refractivity contribution is 0.480. The second-order valence-electron chi connectivity index (χ2n) is 5.75. The number of hydrogen-bond donors (Lipinski definition) is 1. The van der Waals surface area contributed by atoms with Crippen LogP contribution >= 0.6 is 11.3 Å². The van der Waals surface area contributed by atoms with Crippen LogP contribution in [0.3, 0.4) is 0 Å². The molecule has 1 aromatic carbocycles. The maximum Gasteiger partial charge on any atom is 0.0749 e. The van der Waals surface area contributed by atoms with E-state index in [2.05, 4.69) is 40.7 Å². The molecule has 0 saturated heterocycles. The summed E-state index contributed by atoms with van der Waals surface area (Å²) in [5.74, 6) is 0.424. The molecular formula is C18H18N2S. The van der Waals surface area contributed by atoms with Gasteiger partial charge in [0.2, 0.25) is 0 Å². The molecule has 21 heavy (non-hydrogen) atoms. The van der Waals surface area contributed by atoms with Crippen molar-refractivity contribution in [2.75, 3.05) is 0 Å². The van der Waals surface area contributed by atoms with Crippen LogP contribution in [0.25, 0.3) is 10.9 Å². The molecule has 1 aliphatic carbocycles. The van der Waals surface area contributed by atoms with Gasteiger partial charge < -0.3 is 5.73 Å². The Balaban J connectivity index is 1.80. The van der Waals surface area contributed by atoms with E-state index in [-0.39, 0.29) is 6.04 Å². The number of para-hydroxylation sites is 1. The predicted molar refractivity (Wildman–Crippen MR) is 88.7 cm³/mol. The minimum absolute atomic E-state index is 0.0252. The molecule has 3 aromatic rings. The summed E-state index contributed by atoms with van der Waals surface area (Å²) in [6.45, 7) is 0. The number of aromatic nitrogens is 1. The lowest BCUT2D eigenvalue weighted by Gasteiger charge is -2.28. The first kappa shape index (κ1) is 13.0. The first-order valence-corrected chi connectivity index (χ1v) is 8.38. The Morgan fingerprint density at radius 2 is 2.10 bits per heavy atom. The van der Waals surface area contributed by atoms with E-state index in [1.165, 1.54) is 40.7 Å². The summed E-state index contributed by atoms with van der Waals surface area (Å²) in [7, 11) is 0. The number of nitrogens with two attached hydrogens (primary N) is 1. The maximum atomic E-state index is 6.67. The average molecular weight is 294 g/mol. The number of fused-ring (bicyclic) bond motifs is 2. The van der Waals surface area contributed by atoms with Gasteiger partial charge in [-0.05, 0) is 47.9 Å². The Bertz CT molecular complexity index is 772. The molecule has 2 unspecified atom stereocenters. The molecule has 2 aromatic heterocycles. The molecule has 0 saturated carbocycles. The van der Waals surface area contributed by atoms with Crippen molar-refractivity contribution in [3.8, 4) is 0 Å². The third kappa shape index (κ3) is 2.17. The highest BCUT2D eigenvalue weighted by Gasteiger charge is 2.28. The SMILES string of the molecule is NC(c1cccc2cccnc12)C1CCCc2sccc21. The van der Waals surface area contributed by atoms with Gasteiger partial charge in [0.15, 0.2) is 0 Å². The van der Waals surface area contributed by atoms with Gasteiger partial charge in [0, 0.05) is 28.4 Å². The van der Waals surface area contributed by atoms with E-state index in [1.54, 1.807) is 0 Å². The largest absolute Gasteiger partial charge is 0.323 e. The van der Waals surface area contributed by atoms with E-state index in [4.69, 9.17) is 5.73 Å². The van der Waals surface area contributed by atoms with Crippen LogP contribution in [0.4, 0.5) is 0 Å². The Kier molecular flexibility index (Phi) is 3.24. The lowest BCUT2D eigenvalue weighted by Crippen LogP contribution is -2.23. The molecule has 106 valence electrons. The molecule has 2 N–H and O–H groups in total. The summed E-state index contributed by atoms with van der Waals surface area (Å²) in [5.41, 5.74) is 10.4. The van der Waals surface area contributed by atoms with Crippen molar-refractivity contribution in [1.29, 1.82) is 0 Å². The molecule has 0 amide bonds. The van der Waals surface area contributed by atoms with Crippen LogP contribution < -0.4 is 5.73 Å². The van der Waals surface area contributed by atoms with E-state index in [9.17, 15) is 0 Å². The van der Waals surface area contributed by atoms with Crippen molar-refractivity contribution in [3.05, 3.63) is 64.0 Å². The van der Waals surface area contributed by atoms with Crippen LogP contribution in [0.15, 0.2) is 48.0 Å². The van der Waals surface area contributed by atoms with E-state index in [0.717, 1.165) is 5.52 Å². The Morgan fingerprint density at radius 1 is 1.19 bits per heavy atom. The third-order valence-corrected chi connectivity index (χ3v) is 5.55. The molecule has 2 nitrogen and oxygen atoms in total. The van der Waals surface area contributed by atoms with Gasteiger partial charge in [0.25, 0.3) is 0 Å². The maximum absolute atomic E-state index is 6.67. The highest BCUT2D eigenvalue weighted by Crippen LogP contribution is 2.42. The zero-order chi connectivity index (χ0) is 14.2. The molecule has 0 bridgehead atoms. The van der Waals surface area contributed by atoms with Gasteiger partial charge in [-0.1, -0.05) is 24.3 Å². The summed E-state index contributed by atoms with van der Waals surface area (Å²) in [4.78, 5) is 6.09. The minimum Gasteiger partial charge on any atom is -0.323 e. The van der Waals surface area contributed by atoms with Crippen LogP contribution in [0.5, 0.6) is 0 Å². The molecule has 0 spiro atoms. The van der Waals surface area contributed by atoms with Gasteiger partial charge >= 0.3 is 0 Å². The number of benzene rings is 1. The zero-order valence-electron chi connectivity index (χ0n) is 11.8. The van der Waals surface area contributed by atoms with E-state index >= 15 is 0 Å². The van der Waals surface area contributed by atoms with Crippen LogP contribution in [-0.4, -0.2) is 4.98 Å². The predicted octanol–water partition coefficient (Wildman–Crippen LogP) is 4.42. The van der Waals surface area contributed by atoms with Crippen molar-refractivity contribution in [3.63, 3.8) is 0 Å². The summed E-state index contributed by atoms with van der Waals surface area (Å²) in [6, 6.07) is 12.7. The number of rotatable bonds is 2. The summed E-state index contributed by atoms with van der Waals surface area (Å²) in [6.07, 6.45) is 5.48. The van der Waals surface area contributed by atoms with Gasteiger partial charge in [0.05, 0.1) is 5.52 Å². The fourth-order valence-electron chi connectivity index (χ4n) is 3.51. The van der Waals surface area contributed by atoms with E-state index < -0.39 is 0 Å². The van der Waals surface area contributed by atoms with E-state index in [0.29, 0.717) is 5.92 Å². The van der Waals surface area contributed by atoms with Crippen LogP contribution in [-0.2, 0) is 6.42 Å². The summed E-state index contributed by atoms with van der Waals surface area (Å²) >= 11 is 1.87. The van der Waals surface area contributed by atoms with Crippen molar-refractivity contribution in [1.82, 2.24) is 4.98 Å². The molecule has 4 rings (SSSR count). The van der Waals surface area contributed by atoms with Gasteiger partial charge in [-0.25, -0.2) is 0 Å². The van der Waals surface area contributed by atoms with Gasteiger partial charge in [0.1, 0.15) is 0 Å². The standard InChI is InChI=1S/C18H18N2S/c19-17(14-6-2-8-16-13(14)9-11-21-16)15-7-1-4-12-5-3-10-20-18(12)15/h1,3-5,7,9-11,14,17H,2,6,8,19H2. The van der Waals surface area contributed by atoms with Crippen LogP contribution in [0.2, 0.25) is 0 Å². The summed E-state index contributed by atoms with van der Waals surface area (Å²) in [5, 5.41) is 3.38. The minimum atomic E-state index is 0.0252. The topological polar surface area (TPSA) is 38.9 Å². The monoisotopic (exact) mass is 294 g/mol. The quantitative estimate of drug-likeness (QED) is 0.760. The molecule has 0 aliphatic heterocycles. The summed E-state index contributed by atoms with van der Waals surface area (Å²) < 4.78 is 0. The number of nitrogens with zero attached hydrogens (tertiary/aromatic N) is 1. The van der Waals surface area contributed by atoms with Gasteiger partial charge in [-0.2, -0.15) is 0 Å². The molecule has 2 atom stereocenters. The number of aryl methyl sites for hydroxylation is 1. The Hall–Kier alpha value is -1.71. The van der Waals surface area contributed by atoms with Crippen LogP contribution in [0.1, 0.15) is 40.8 Å². The molecule has 2 heterocycles. The fourth-order valence-corrected chi connectivity index (χ4v) is 4.51. The normalized spacial score (nSPS) is 19.4. The Morgan fingerprint density at radius 3 is 3.05 bits per heavy atom. The second-order valence-corrected chi connectivity index (χ2v) is 6.75. The highest BCUT2D eigenvalue weighted by molar-refractivity contribution is 7.10. The van der Waals surface area contributed by atoms with Crippen molar-refractivity contribution in [2.45, 2.75) is 31.2 Å². The molecule has 3 heteroatoms. The molecular weight excluding hydrogens is 276 g/mol. The van der Waals surface area contributed by atoms with E-state index in [1.807, 2.05) is 23.6 Å². The molecule has 0 fully saturated rings. The van der Waals surface area contributed by atoms with Crippen molar-refractivity contribution >= 4 is 22.2 Å². The van der Waals surface area contributed by atoms with Crippen molar-refractivity contribution < 1.29 is 0 Å². The molecule has 0 radical (unpaired) electrons. The number of thiophene rings is 1. The average Bonchev–Trinajstić information content (AvgIpc) is 3.02. The number of pyridine rings is 1. The fraction of sp³-hybridized carbons (Fsp3) is 0.278. The number of hydrogen-bond acceptors (Lipinski definition) is 3. The smallest absolute Gasteiger partial charge is 0.0749 e. The second kappa shape index (κ2) is 5.24. The Labute approximate surface area is 128 Å². The highest BCUT2D eigenvalue weighted by atomic mass is 32.1. The molecule has 1 aliphatic rings. The zero-order valence-corrected chi connectivity index (χ0v) is 12.6. The lowest BCUT2D eigenvalue weighted by atomic mass is 9.80.